The number of nitrogens with one attached hydrogen (secondary N) is 2. The molecule has 2 heterocycles. The van der Waals surface area contributed by atoms with E-state index in [-0.39, 0.29) is 37.1 Å². The third-order valence-electron chi connectivity index (χ3n) is 6.74. The molecule has 2 amide bonds. The maximum atomic E-state index is 12.0. The second-order valence-electron chi connectivity index (χ2n) is 9.26. The Hall–Kier alpha value is -2.03. The predicted octanol–water partition coefficient (Wildman–Crippen LogP) is 3.11. The molecule has 0 bridgehead atoms. The predicted molar refractivity (Wildman–Crippen MR) is 128 cm³/mol. The molecule has 33 heavy (non-hydrogen) atoms. The van der Waals surface area contributed by atoms with E-state index in [4.69, 9.17) is 9.47 Å². The van der Waals surface area contributed by atoms with Crippen LogP contribution in [-0.4, -0.2) is 67.0 Å². The van der Waals surface area contributed by atoms with Gasteiger partial charge in [0.15, 0.2) is 0 Å². The zero-order valence-corrected chi connectivity index (χ0v) is 19.9. The van der Waals surface area contributed by atoms with E-state index < -0.39 is 6.10 Å². The van der Waals surface area contributed by atoms with E-state index >= 15 is 0 Å². The monoisotopic (exact) mass is 481 g/mol. The van der Waals surface area contributed by atoms with Crippen molar-refractivity contribution in [1.29, 1.82) is 0 Å². The number of rotatable bonds is 8. The average molecular weight is 482 g/mol. The first-order valence-electron chi connectivity index (χ1n) is 11.9. The van der Waals surface area contributed by atoms with Crippen LogP contribution >= 0.6 is 12.4 Å². The summed E-state index contributed by atoms with van der Waals surface area (Å²) < 4.78 is 11.3. The number of fused-ring (bicyclic) bond motifs is 1. The molecule has 8 nitrogen and oxygen atoms in total. The number of amides is 2. The highest BCUT2D eigenvalue weighted by molar-refractivity contribution is 5.94. The largest absolute Gasteiger partial charge is 0.490 e. The van der Waals surface area contributed by atoms with Crippen LogP contribution in [0.3, 0.4) is 0 Å². The zero-order chi connectivity index (χ0) is 22.3. The van der Waals surface area contributed by atoms with E-state index in [1.54, 1.807) is 0 Å². The van der Waals surface area contributed by atoms with Crippen molar-refractivity contribution in [1.82, 2.24) is 10.2 Å². The molecule has 184 valence electrons. The first-order valence-corrected chi connectivity index (χ1v) is 11.9. The van der Waals surface area contributed by atoms with E-state index in [9.17, 15) is 14.7 Å². The number of likely N-dealkylation sites (tertiary alicyclic amines) is 1. The first-order chi connectivity index (χ1) is 15.6. The fourth-order valence-corrected chi connectivity index (χ4v) is 4.90. The summed E-state index contributed by atoms with van der Waals surface area (Å²) in [5, 5.41) is 16.3. The lowest BCUT2D eigenvalue weighted by Gasteiger charge is -2.33. The standard InChI is InChI=1S/C24H35N3O5.ClH/c28-19(16-31-22-7-3-6-21-20(22)8-9-23(29)26-21)14-27-12-10-18(11-13-27)25-24(30)32-15-17-4-1-2-5-17;/h3,6-7,17-19,28H,1-2,4-5,8-16H2,(H,25,30)(H,26,29);1H. The van der Waals surface area contributed by atoms with Crippen LogP contribution in [0.25, 0.3) is 0 Å². The van der Waals surface area contributed by atoms with Gasteiger partial charge in [-0.2, -0.15) is 0 Å². The SMILES string of the molecule is Cl.O=C1CCc2c(cccc2OCC(O)CN2CCC(NC(=O)OCC3CCCC3)CC2)N1. The Morgan fingerprint density at radius 1 is 1.18 bits per heavy atom. The number of piperidine rings is 1. The maximum Gasteiger partial charge on any atom is 0.407 e. The van der Waals surface area contributed by atoms with Crippen LogP contribution in [-0.2, 0) is 16.0 Å². The summed E-state index contributed by atoms with van der Waals surface area (Å²) >= 11 is 0. The maximum absolute atomic E-state index is 12.0. The van der Waals surface area contributed by atoms with Gasteiger partial charge in [0.25, 0.3) is 0 Å². The molecule has 2 aliphatic heterocycles. The smallest absolute Gasteiger partial charge is 0.407 e. The lowest BCUT2D eigenvalue weighted by atomic mass is 10.0. The molecule has 1 aromatic rings. The molecule has 0 aromatic heterocycles. The quantitative estimate of drug-likeness (QED) is 0.527. The lowest BCUT2D eigenvalue weighted by molar-refractivity contribution is -0.116. The molecule has 4 rings (SSSR count). The number of aliphatic hydroxyl groups excluding tert-OH is 1. The van der Waals surface area contributed by atoms with Crippen LogP contribution in [0.1, 0.15) is 50.5 Å². The lowest BCUT2D eigenvalue weighted by Crippen LogP contribution is -2.47. The fourth-order valence-electron chi connectivity index (χ4n) is 4.90. The van der Waals surface area contributed by atoms with Crippen LogP contribution in [0.4, 0.5) is 10.5 Å². The number of carbonyl (C=O) groups excluding carboxylic acids is 2. The van der Waals surface area contributed by atoms with E-state index in [0.29, 0.717) is 31.9 Å². The van der Waals surface area contributed by atoms with Crippen LogP contribution in [0.2, 0.25) is 0 Å². The molecule has 1 unspecified atom stereocenters. The molecule has 1 aromatic carbocycles. The first kappa shape index (κ1) is 25.6. The number of aliphatic hydroxyl groups is 1. The van der Waals surface area contributed by atoms with Gasteiger partial charge in [0.05, 0.1) is 6.61 Å². The van der Waals surface area contributed by atoms with E-state index in [1.165, 1.54) is 25.7 Å². The van der Waals surface area contributed by atoms with Gasteiger partial charge in [0.2, 0.25) is 5.91 Å². The highest BCUT2D eigenvalue weighted by Gasteiger charge is 2.24. The second kappa shape index (κ2) is 12.4. The topological polar surface area (TPSA) is 100 Å². The fraction of sp³-hybridized carbons (Fsp3) is 0.667. The number of ether oxygens (including phenoxy) is 2. The molecule has 3 N–H and O–H groups in total. The third kappa shape index (κ3) is 7.48. The van der Waals surface area contributed by atoms with Crippen LogP contribution in [0, 0.1) is 5.92 Å². The number of hydrogen-bond acceptors (Lipinski definition) is 6. The Bertz CT molecular complexity index is 794. The van der Waals surface area contributed by atoms with Crippen molar-refractivity contribution in [2.24, 2.45) is 5.92 Å². The van der Waals surface area contributed by atoms with E-state index in [0.717, 1.165) is 42.9 Å². The molecular weight excluding hydrogens is 446 g/mol. The minimum absolute atomic E-state index is 0. The normalized spacial score (nSPS) is 20.3. The molecule has 0 spiro atoms. The van der Waals surface area contributed by atoms with Crippen molar-refractivity contribution in [3.05, 3.63) is 23.8 Å². The summed E-state index contributed by atoms with van der Waals surface area (Å²) in [6.07, 6.45) is 6.71. The van der Waals surface area contributed by atoms with Gasteiger partial charge in [-0.05, 0) is 50.2 Å². The van der Waals surface area contributed by atoms with Gasteiger partial charge in [0, 0.05) is 43.3 Å². The van der Waals surface area contributed by atoms with E-state index in [1.807, 2.05) is 18.2 Å². The van der Waals surface area contributed by atoms with Crippen molar-refractivity contribution in [2.45, 2.75) is 63.5 Å². The average Bonchev–Trinajstić information content (AvgIpc) is 3.31. The summed E-state index contributed by atoms with van der Waals surface area (Å²) in [4.78, 5) is 25.8. The minimum atomic E-state index is -0.607. The number of carbonyl (C=O) groups is 2. The van der Waals surface area contributed by atoms with Crippen molar-refractivity contribution < 1.29 is 24.2 Å². The van der Waals surface area contributed by atoms with Gasteiger partial charge in [-0.3, -0.25) is 4.79 Å². The van der Waals surface area contributed by atoms with Crippen LogP contribution < -0.4 is 15.4 Å². The molecule has 1 saturated carbocycles. The number of nitrogens with zero attached hydrogens (tertiary/aromatic N) is 1. The Morgan fingerprint density at radius 2 is 1.94 bits per heavy atom. The number of hydrogen-bond donors (Lipinski definition) is 3. The Morgan fingerprint density at radius 3 is 2.70 bits per heavy atom. The zero-order valence-electron chi connectivity index (χ0n) is 19.1. The summed E-state index contributed by atoms with van der Waals surface area (Å²) in [5.74, 6) is 1.28. The van der Waals surface area contributed by atoms with Crippen LogP contribution in [0.15, 0.2) is 18.2 Å². The van der Waals surface area contributed by atoms with Crippen molar-refractivity contribution in [3.8, 4) is 5.75 Å². The highest BCUT2D eigenvalue weighted by Crippen LogP contribution is 2.31. The molecule has 3 aliphatic rings. The molecule has 1 atom stereocenters. The number of β-amino-alcohol motifs (C(OH)–C–C–N with tert-alkyl or cyclic N) is 1. The second-order valence-corrected chi connectivity index (χ2v) is 9.26. The Balaban J connectivity index is 0.00000306. The third-order valence-corrected chi connectivity index (χ3v) is 6.74. The summed E-state index contributed by atoms with van der Waals surface area (Å²) in [5.41, 5.74) is 1.79. The van der Waals surface area contributed by atoms with E-state index in [2.05, 4.69) is 15.5 Å². The molecule has 9 heteroatoms. The molecular formula is C24H36ClN3O5. The number of alkyl carbamates (subject to hydrolysis) is 1. The number of benzene rings is 1. The van der Waals surface area contributed by atoms with Crippen LogP contribution in [0.5, 0.6) is 5.75 Å². The molecule has 2 fully saturated rings. The van der Waals surface area contributed by atoms with Crippen molar-refractivity contribution in [3.63, 3.8) is 0 Å². The number of halogens is 1. The van der Waals surface area contributed by atoms with Gasteiger partial charge >= 0.3 is 6.09 Å². The van der Waals surface area contributed by atoms with Crippen molar-refractivity contribution >= 4 is 30.1 Å². The van der Waals surface area contributed by atoms with Gasteiger partial charge in [-0.25, -0.2) is 4.79 Å². The van der Waals surface area contributed by atoms with Gasteiger partial charge < -0.3 is 30.1 Å². The molecule has 0 radical (unpaired) electrons. The van der Waals surface area contributed by atoms with Gasteiger partial charge in [0.1, 0.15) is 18.5 Å². The summed E-state index contributed by atoms with van der Waals surface area (Å²) in [7, 11) is 0. The number of anilines is 1. The highest BCUT2D eigenvalue weighted by atomic mass is 35.5. The molecule has 1 saturated heterocycles. The summed E-state index contributed by atoms with van der Waals surface area (Å²) in [6, 6.07) is 5.73. The molecule has 1 aliphatic carbocycles. The van der Waals surface area contributed by atoms with Gasteiger partial charge in [-0.15, -0.1) is 12.4 Å². The van der Waals surface area contributed by atoms with Crippen molar-refractivity contribution in [2.75, 3.05) is 38.2 Å². The Labute approximate surface area is 201 Å². The van der Waals surface area contributed by atoms with Gasteiger partial charge in [-0.1, -0.05) is 18.9 Å². The summed E-state index contributed by atoms with van der Waals surface area (Å²) in [6.45, 7) is 2.91. The Kier molecular flexibility index (Phi) is 9.64. The minimum Gasteiger partial charge on any atom is -0.490 e.